The molecule has 2 amide bonds. The Morgan fingerprint density at radius 3 is 2.36 bits per heavy atom. The van der Waals surface area contributed by atoms with Crippen LogP contribution in [0.15, 0.2) is 67.6 Å². The molecule has 0 aliphatic carbocycles. The Labute approximate surface area is 282 Å². The predicted octanol–water partition coefficient (Wildman–Crippen LogP) is -2.07. The molecule has 6 rings (SSSR count). The van der Waals surface area contributed by atoms with Crippen LogP contribution in [0.5, 0.6) is 0 Å². The average Bonchev–Trinajstić information content (AvgIpc) is 3.49. The van der Waals surface area contributed by atoms with Crippen molar-refractivity contribution >= 4 is 34.4 Å². The average molecular weight is 695 g/mol. The van der Waals surface area contributed by atoms with Crippen molar-refractivity contribution in [3.63, 3.8) is 0 Å². The first-order chi connectivity index (χ1) is 23.5. The van der Waals surface area contributed by atoms with Crippen molar-refractivity contribution in [1.82, 2.24) is 30.2 Å². The minimum absolute atomic E-state index is 0.0117. The Morgan fingerprint density at radius 1 is 0.980 bits per heavy atom. The number of benzene rings is 1. The van der Waals surface area contributed by atoms with E-state index in [1.165, 1.54) is 12.1 Å². The molecule has 2 aliphatic rings. The van der Waals surface area contributed by atoms with Gasteiger partial charge in [0, 0.05) is 36.7 Å². The molecule has 5 heterocycles. The highest BCUT2D eigenvalue weighted by molar-refractivity contribution is 6.03. The zero-order chi connectivity index (χ0) is 36.1. The first-order valence-corrected chi connectivity index (χ1v) is 15.2. The fraction of sp³-hybridized carbons (Fsp3) is 0.323. The normalized spacial score (nSPS) is 21.0. The van der Waals surface area contributed by atoms with Gasteiger partial charge in [-0.3, -0.25) is 24.2 Å². The lowest BCUT2D eigenvalue weighted by Crippen LogP contribution is -2.84. The fourth-order valence-corrected chi connectivity index (χ4v) is 5.86. The number of anilines is 2. The van der Waals surface area contributed by atoms with Crippen molar-refractivity contribution in [1.29, 1.82) is 0 Å². The number of likely N-dealkylation sites (tertiary alicyclic amines) is 1. The second-order valence-electron chi connectivity index (χ2n) is 11.9. The zero-order valence-corrected chi connectivity index (χ0v) is 26.1. The number of piperidine rings is 1. The summed E-state index contributed by atoms with van der Waals surface area (Å²) in [6.45, 7) is 5.57. The van der Waals surface area contributed by atoms with E-state index in [0.717, 1.165) is 31.3 Å². The fourth-order valence-electron chi connectivity index (χ4n) is 5.86. The van der Waals surface area contributed by atoms with Crippen LogP contribution in [0.3, 0.4) is 0 Å². The van der Waals surface area contributed by atoms with Gasteiger partial charge in [0.2, 0.25) is 5.91 Å². The number of aromatic amines is 1. The smallest absolute Gasteiger partial charge is 0.349 e. The van der Waals surface area contributed by atoms with Crippen LogP contribution in [0.4, 0.5) is 11.5 Å². The van der Waals surface area contributed by atoms with E-state index >= 15 is 0 Å². The lowest BCUT2D eigenvalue weighted by molar-refractivity contribution is -0.606. The van der Waals surface area contributed by atoms with E-state index in [1.807, 2.05) is 6.07 Å². The van der Waals surface area contributed by atoms with Crippen molar-refractivity contribution < 1.29 is 55.2 Å². The van der Waals surface area contributed by atoms with E-state index in [-0.39, 0.29) is 33.6 Å². The van der Waals surface area contributed by atoms with Crippen molar-refractivity contribution in [2.24, 2.45) is 0 Å². The molecule has 1 aromatic carbocycles. The topological polar surface area (TPSA) is 290 Å². The summed E-state index contributed by atoms with van der Waals surface area (Å²) in [7, 11) is 0. The van der Waals surface area contributed by atoms with E-state index in [1.54, 1.807) is 36.5 Å². The van der Waals surface area contributed by atoms with Gasteiger partial charge in [0.05, 0.1) is 5.39 Å². The lowest BCUT2D eigenvalue weighted by atomic mass is 10.0. The van der Waals surface area contributed by atoms with Crippen LogP contribution in [-0.2, 0) is 16.1 Å². The zero-order valence-electron chi connectivity index (χ0n) is 26.1. The molecule has 2 saturated heterocycles. The van der Waals surface area contributed by atoms with E-state index in [0.29, 0.717) is 30.0 Å². The van der Waals surface area contributed by atoms with Gasteiger partial charge in [0.25, 0.3) is 5.91 Å². The van der Waals surface area contributed by atoms with Gasteiger partial charge in [-0.25, -0.2) is 14.9 Å². The number of carbonyl (C=O) groups excluding carboxylic acids is 2. The SMILES string of the molecule is C=CC(=O)NC1CCCN(Cc2ccnc(C(=O)Nc3ccc(-c4cc5c(N6C(O)(O)C(O)(O)OC(O)(O)C6(O)O)ncnc5[nH]4)cc3)c2)C1. The Hall–Kier alpha value is -4.93. The minimum Gasteiger partial charge on any atom is -0.349 e. The molecular formula is C31H34N8O11. The third kappa shape index (κ3) is 6.41. The molecule has 2 fully saturated rings. The van der Waals surface area contributed by atoms with Crippen molar-refractivity contribution in [3.8, 4) is 11.3 Å². The molecule has 0 spiro atoms. The molecule has 264 valence electrons. The first kappa shape index (κ1) is 34.9. The molecule has 19 heteroatoms. The molecule has 0 saturated carbocycles. The molecule has 1 atom stereocenters. The number of aromatic nitrogens is 4. The van der Waals surface area contributed by atoms with Crippen LogP contribution in [0.2, 0.25) is 0 Å². The van der Waals surface area contributed by atoms with Gasteiger partial charge in [-0.2, -0.15) is 0 Å². The largest absolute Gasteiger partial charge is 0.362 e. The highest BCUT2D eigenvalue weighted by atomic mass is 16.9. The predicted molar refractivity (Wildman–Crippen MR) is 170 cm³/mol. The summed E-state index contributed by atoms with van der Waals surface area (Å²) in [5, 5.41) is 87.4. The van der Waals surface area contributed by atoms with Crippen LogP contribution in [-0.4, -0.2) is 120 Å². The number of carbonyl (C=O) groups is 2. The van der Waals surface area contributed by atoms with Gasteiger partial charge in [0.1, 0.15) is 23.5 Å². The monoisotopic (exact) mass is 694 g/mol. The van der Waals surface area contributed by atoms with Crippen molar-refractivity contribution in [3.05, 3.63) is 78.9 Å². The van der Waals surface area contributed by atoms with E-state index in [2.05, 4.69) is 46.8 Å². The summed E-state index contributed by atoms with van der Waals surface area (Å²) in [6, 6.07) is 11.3. The number of ether oxygens (including phenoxy) is 1. The van der Waals surface area contributed by atoms with Gasteiger partial charge < -0.3 is 56.5 Å². The number of H-pyrrole nitrogens is 1. The Balaban J connectivity index is 1.18. The Morgan fingerprint density at radius 2 is 1.68 bits per heavy atom. The number of hydrogen-bond donors (Lipinski definition) is 11. The van der Waals surface area contributed by atoms with Crippen LogP contribution < -0.4 is 15.5 Å². The first-order valence-electron chi connectivity index (χ1n) is 15.2. The van der Waals surface area contributed by atoms with Crippen molar-refractivity contribution in [2.45, 2.75) is 49.2 Å². The van der Waals surface area contributed by atoms with E-state index < -0.39 is 35.5 Å². The second-order valence-corrected chi connectivity index (χ2v) is 11.9. The summed E-state index contributed by atoms with van der Waals surface area (Å²) in [5.74, 6) is -18.0. The van der Waals surface area contributed by atoms with Crippen LogP contribution in [0, 0.1) is 0 Å². The highest BCUT2D eigenvalue weighted by Gasteiger charge is 2.75. The van der Waals surface area contributed by atoms with Gasteiger partial charge in [0.15, 0.2) is 0 Å². The van der Waals surface area contributed by atoms with Gasteiger partial charge in [-0.1, -0.05) is 18.7 Å². The summed E-state index contributed by atoms with van der Waals surface area (Å²) in [5.41, 5.74) is 2.31. The maximum Gasteiger partial charge on any atom is 0.362 e. The molecule has 4 aromatic rings. The van der Waals surface area contributed by atoms with Gasteiger partial charge >= 0.3 is 23.8 Å². The molecule has 0 bridgehead atoms. The third-order valence-corrected chi connectivity index (χ3v) is 8.35. The van der Waals surface area contributed by atoms with E-state index in [9.17, 15) is 50.4 Å². The molecule has 2 aliphatic heterocycles. The highest BCUT2D eigenvalue weighted by Crippen LogP contribution is 2.45. The number of nitrogens with one attached hydrogen (secondary N) is 3. The Kier molecular flexibility index (Phi) is 8.90. The molecule has 1 unspecified atom stereocenters. The number of pyridine rings is 1. The van der Waals surface area contributed by atoms with Crippen LogP contribution >= 0.6 is 0 Å². The summed E-state index contributed by atoms with van der Waals surface area (Å²) in [4.78, 5) is 41.5. The summed E-state index contributed by atoms with van der Waals surface area (Å²) in [6.07, 6.45) is 5.43. The number of nitrogens with zero attached hydrogens (tertiary/aromatic N) is 5. The van der Waals surface area contributed by atoms with Crippen LogP contribution in [0.1, 0.15) is 28.9 Å². The molecule has 11 N–H and O–H groups in total. The number of fused-ring (bicyclic) bond motifs is 1. The minimum atomic E-state index is -4.17. The van der Waals surface area contributed by atoms with Gasteiger partial charge in [-0.05, 0) is 66.9 Å². The number of rotatable bonds is 8. The van der Waals surface area contributed by atoms with Crippen LogP contribution in [0.25, 0.3) is 22.3 Å². The second kappa shape index (κ2) is 12.8. The Bertz CT molecular complexity index is 1900. The van der Waals surface area contributed by atoms with E-state index in [4.69, 9.17) is 0 Å². The van der Waals surface area contributed by atoms with Crippen molar-refractivity contribution in [2.75, 3.05) is 23.3 Å². The maximum absolute atomic E-state index is 13.1. The molecule has 3 aromatic heterocycles. The molecule has 0 radical (unpaired) electrons. The molecular weight excluding hydrogens is 660 g/mol. The summed E-state index contributed by atoms with van der Waals surface area (Å²) >= 11 is 0. The number of amides is 2. The van der Waals surface area contributed by atoms with Gasteiger partial charge in [-0.15, -0.1) is 0 Å². The molecule has 50 heavy (non-hydrogen) atoms. The number of hydrogen-bond acceptors (Lipinski definition) is 16. The quantitative estimate of drug-likeness (QED) is 0.0697. The molecule has 19 nitrogen and oxygen atoms in total. The summed E-state index contributed by atoms with van der Waals surface area (Å²) < 4.78 is 3.93. The number of morpholine rings is 1. The standard InChI is InChI=1S/C31H34N8O11/c1-2-24(40)35-20-4-3-11-38(15-20)14-17-9-10-32-23(12-17)27(41)36-19-7-5-18(6-8-19)22-13-21-25(37-22)33-16-34-26(21)39-28(42,43)30(46,47)50-31(48,49)29(39,44)45/h2,5-10,12-13,16,20,42-49H,1,3-4,11,14-15H2,(H,35,40)(H,36,41)(H,33,34,37). The number of aliphatic hydroxyl groups is 8. The maximum atomic E-state index is 13.1. The lowest BCUT2D eigenvalue weighted by Gasteiger charge is -2.55. The third-order valence-electron chi connectivity index (χ3n) is 8.35.